The van der Waals surface area contributed by atoms with Gasteiger partial charge in [0.2, 0.25) is 0 Å². The first-order chi connectivity index (χ1) is 4.63. The van der Waals surface area contributed by atoms with Crippen LogP contribution in [0.4, 0.5) is 0 Å². The second-order valence-electron chi connectivity index (χ2n) is 1.95. The van der Waals surface area contributed by atoms with E-state index in [4.69, 9.17) is 17.0 Å². The summed E-state index contributed by atoms with van der Waals surface area (Å²) in [7, 11) is 0. The van der Waals surface area contributed by atoms with Crippen molar-refractivity contribution in [3.63, 3.8) is 0 Å². The number of rotatable bonds is 4. The van der Waals surface area contributed by atoms with Crippen LogP contribution in [-0.4, -0.2) is 16.9 Å². The Morgan fingerprint density at radius 3 is 2.60 bits per heavy atom. The van der Waals surface area contributed by atoms with Crippen molar-refractivity contribution in [1.29, 1.82) is 5.41 Å². The summed E-state index contributed by atoms with van der Waals surface area (Å²) >= 11 is 5.58. The van der Waals surface area contributed by atoms with Crippen LogP contribution in [0.2, 0.25) is 0 Å². The molecule has 0 aliphatic heterocycles. The summed E-state index contributed by atoms with van der Waals surface area (Å²) in [5, 5.41) is 6.67. The number of carbonyl (C=O) groups excluding carboxylic acids is 1. The van der Waals surface area contributed by atoms with E-state index < -0.39 is 5.38 Å². The first-order valence-electron chi connectivity index (χ1n) is 3.18. The predicted octanol–water partition coefficient (Wildman–Crippen LogP) is 1.82. The van der Waals surface area contributed by atoms with Crippen molar-refractivity contribution in [3.05, 3.63) is 6.92 Å². The van der Waals surface area contributed by atoms with Gasteiger partial charge in [-0.3, -0.25) is 4.79 Å². The Hall–Kier alpha value is -0.370. The van der Waals surface area contributed by atoms with Crippen LogP contribution in [0.1, 0.15) is 19.8 Å². The molecule has 3 heteroatoms. The van der Waals surface area contributed by atoms with Gasteiger partial charge in [-0.1, -0.05) is 13.8 Å². The van der Waals surface area contributed by atoms with Crippen molar-refractivity contribution in [2.24, 2.45) is 0 Å². The number of alkyl halides is 1. The molecule has 0 aromatic rings. The highest BCUT2D eigenvalue weighted by atomic mass is 35.5. The number of Topliss-reactive ketones (excluding diaryl/α,β-unsaturated/α-hetero) is 1. The summed E-state index contributed by atoms with van der Waals surface area (Å²) in [6.07, 6.45) is 0.744. The topological polar surface area (TPSA) is 40.9 Å². The molecule has 1 radical (unpaired) electrons. The molecule has 0 spiro atoms. The largest absolute Gasteiger partial charge is 0.300 e. The zero-order chi connectivity index (χ0) is 8.15. The predicted molar refractivity (Wildman–Crippen MR) is 42.6 cm³/mol. The molecule has 0 aromatic heterocycles. The molecule has 0 aromatic carbocycles. The highest BCUT2D eigenvalue weighted by molar-refractivity contribution is 6.50. The summed E-state index contributed by atoms with van der Waals surface area (Å²) in [4.78, 5) is 10.8. The van der Waals surface area contributed by atoms with Crippen LogP contribution < -0.4 is 0 Å². The zero-order valence-electron chi connectivity index (χ0n) is 5.98. The molecule has 10 heavy (non-hydrogen) atoms. The van der Waals surface area contributed by atoms with Gasteiger partial charge in [-0.25, -0.2) is 0 Å². The average Bonchev–Trinajstić information content (AvgIpc) is 2.00. The molecule has 1 N–H and O–H groups in total. The van der Waals surface area contributed by atoms with E-state index in [1.165, 1.54) is 0 Å². The maximum Gasteiger partial charge on any atom is 0.177 e. The van der Waals surface area contributed by atoms with E-state index >= 15 is 0 Å². The summed E-state index contributed by atoms with van der Waals surface area (Å²) in [5.41, 5.74) is -0.0147. The van der Waals surface area contributed by atoms with Crippen molar-refractivity contribution < 1.29 is 4.79 Å². The van der Waals surface area contributed by atoms with Gasteiger partial charge in [0.15, 0.2) is 5.78 Å². The number of hydrogen-bond acceptors (Lipinski definition) is 2. The van der Waals surface area contributed by atoms with Crippen molar-refractivity contribution >= 4 is 23.1 Å². The van der Waals surface area contributed by atoms with Gasteiger partial charge in [0.05, 0.1) is 11.1 Å². The smallest absolute Gasteiger partial charge is 0.177 e. The van der Waals surface area contributed by atoms with E-state index in [-0.39, 0.29) is 11.5 Å². The van der Waals surface area contributed by atoms with E-state index in [1.54, 1.807) is 6.92 Å². The standard InChI is InChI=1S/C7H11ClNO/c1-3-5(8)7(9)6(10)4-2/h5,9H,1,3-4H2,2H3. The normalized spacial score (nSPS) is 12.7. The van der Waals surface area contributed by atoms with E-state index in [1.807, 2.05) is 0 Å². The third-order valence-electron chi connectivity index (χ3n) is 1.19. The van der Waals surface area contributed by atoms with Gasteiger partial charge in [-0.15, -0.1) is 11.6 Å². The third kappa shape index (κ3) is 2.48. The molecular formula is C7H11ClNO. The lowest BCUT2D eigenvalue weighted by Crippen LogP contribution is -2.21. The molecule has 0 saturated carbocycles. The van der Waals surface area contributed by atoms with Gasteiger partial charge in [0.1, 0.15) is 0 Å². The van der Waals surface area contributed by atoms with Crippen LogP contribution in [-0.2, 0) is 4.79 Å². The van der Waals surface area contributed by atoms with Gasteiger partial charge in [0.25, 0.3) is 0 Å². The van der Waals surface area contributed by atoms with Crippen molar-refractivity contribution in [2.45, 2.75) is 25.1 Å². The fourth-order valence-electron chi connectivity index (χ4n) is 0.509. The van der Waals surface area contributed by atoms with Crippen LogP contribution in [0, 0.1) is 12.3 Å². The molecule has 0 saturated heterocycles. The number of hydrogen-bond donors (Lipinski definition) is 1. The number of ketones is 1. The van der Waals surface area contributed by atoms with E-state index in [2.05, 4.69) is 6.92 Å². The van der Waals surface area contributed by atoms with Gasteiger partial charge in [0, 0.05) is 6.42 Å². The Kier molecular flexibility index (Phi) is 4.28. The quantitative estimate of drug-likeness (QED) is 0.495. The highest BCUT2D eigenvalue weighted by Crippen LogP contribution is 2.04. The maximum absolute atomic E-state index is 10.8. The molecule has 0 fully saturated rings. The van der Waals surface area contributed by atoms with Gasteiger partial charge in [-0.05, 0) is 6.42 Å². The SMILES string of the molecule is [CH2]CC(Cl)C(=N)C(=O)CC. The fraction of sp³-hybridized carbons (Fsp3) is 0.571. The molecule has 1 atom stereocenters. The van der Waals surface area contributed by atoms with E-state index in [9.17, 15) is 4.79 Å². The molecule has 0 rings (SSSR count). The second kappa shape index (κ2) is 4.45. The maximum atomic E-state index is 10.8. The Bertz CT molecular complexity index is 145. The molecule has 1 unspecified atom stereocenters. The van der Waals surface area contributed by atoms with Gasteiger partial charge < -0.3 is 5.41 Å². The van der Waals surface area contributed by atoms with Crippen molar-refractivity contribution in [3.8, 4) is 0 Å². The van der Waals surface area contributed by atoms with Gasteiger partial charge >= 0.3 is 0 Å². The molecule has 0 bridgehead atoms. The summed E-state index contributed by atoms with van der Waals surface area (Å²) in [6, 6.07) is 0. The van der Waals surface area contributed by atoms with Crippen LogP contribution in [0.5, 0.6) is 0 Å². The van der Waals surface area contributed by atoms with E-state index in [0.29, 0.717) is 12.8 Å². The average molecular weight is 161 g/mol. The lowest BCUT2D eigenvalue weighted by Gasteiger charge is -2.04. The van der Waals surface area contributed by atoms with Crippen LogP contribution >= 0.6 is 11.6 Å². The molecule has 0 amide bonds. The summed E-state index contributed by atoms with van der Waals surface area (Å²) < 4.78 is 0. The molecular weight excluding hydrogens is 150 g/mol. The lowest BCUT2D eigenvalue weighted by atomic mass is 10.1. The fourth-order valence-corrected chi connectivity index (χ4v) is 0.631. The summed E-state index contributed by atoms with van der Waals surface area (Å²) in [5.74, 6) is -0.191. The molecule has 0 heterocycles. The first kappa shape index (κ1) is 9.63. The molecule has 0 aliphatic rings. The Morgan fingerprint density at radius 2 is 2.30 bits per heavy atom. The van der Waals surface area contributed by atoms with Crippen LogP contribution in [0.25, 0.3) is 0 Å². The third-order valence-corrected chi connectivity index (χ3v) is 1.62. The highest BCUT2D eigenvalue weighted by Gasteiger charge is 2.14. The minimum absolute atomic E-state index is 0.0147. The number of halogens is 1. The number of carbonyl (C=O) groups is 1. The first-order valence-corrected chi connectivity index (χ1v) is 3.62. The monoisotopic (exact) mass is 160 g/mol. The van der Waals surface area contributed by atoms with Crippen molar-refractivity contribution in [2.75, 3.05) is 0 Å². The minimum atomic E-state index is -0.507. The second-order valence-corrected chi connectivity index (χ2v) is 2.47. The Morgan fingerprint density at radius 1 is 1.80 bits per heavy atom. The number of nitrogens with one attached hydrogen (secondary N) is 1. The zero-order valence-corrected chi connectivity index (χ0v) is 6.74. The molecule has 0 aliphatic carbocycles. The van der Waals surface area contributed by atoms with Crippen LogP contribution in [0.15, 0.2) is 0 Å². The molecule has 2 nitrogen and oxygen atoms in total. The van der Waals surface area contributed by atoms with E-state index in [0.717, 1.165) is 0 Å². The van der Waals surface area contributed by atoms with Crippen LogP contribution in [0.3, 0.4) is 0 Å². The van der Waals surface area contributed by atoms with Crippen molar-refractivity contribution in [1.82, 2.24) is 0 Å². The summed E-state index contributed by atoms with van der Waals surface area (Å²) in [6.45, 7) is 5.21. The lowest BCUT2D eigenvalue weighted by molar-refractivity contribution is -0.112. The Balaban J connectivity index is 3.95. The molecule has 57 valence electrons. The minimum Gasteiger partial charge on any atom is -0.300 e. The van der Waals surface area contributed by atoms with Gasteiger partial charge in [-0.2, -0.15) is 0 Å². The Labute approximate surface area is 66.1 Å².